The van der Waals surface area contributed by atoms with Crippen molar-refractivity contribution in [1.29, 1.82) is 0 Å². The number of allylic oxidation sites excluding steroid dienone is 5. The van der Waals surface area contributed by atoms with Crippen LogP contribution < -0.4 is 11.3 Å². The van der Waals surface area contributed by atoms with Crippen molar-refractivity contribution >= 4 is 0 Å². The van der Waals surface area contributed by atoms with Gasteiger partial charge in [-0.05, 0) is 25.0 Å². The molecule has 0 amide bonds. The van der Waals surface area contributed by atoms with Crippen molar-refractivity contribution in [2.24, 2.45) is 11.8 Å². The van der Waals surface area contributed by atoms with Crippen molar-refractivity contribution in [3.8, 4) is 0 Å². The summed E-state index contributed by atoms with van der Waals surface area (Å²) in [6.45, 7) is 4.22. The van der Waals surface area contributed by atoms with E-state index in [0.717, 1.165) is 5.70 Å². The van der Waals surface area contributed by atoms with Crippen LogP contribution in [-0.4, -0.2) is 0 Å². The molecular formula is C9H14N2. The van der Waals surface area contributed by atoms with Crippen LogP contribution >= 0.6 is 0 Å². The molecule has 0 spiro atoms. The van der Waals surface area contributed by atoms with E-state index in [1.54, 1.807) is 0 Å². The summed E-state index contributed by atoms with van der Waals surface area (Å²) < 4.78 is 0. The van der Waals surface area contributed by atoms with Crippen molar-refractivity contribution in [3.63, 3.8) is 0 Å². The Hall–Kier alpha value is -1.02. The first kappa shape index (κ1) is 8.08. The maximum Gasteiger partial charge on any atom is 0.0484 e. The molecule has 3 N–H and O–H groups in total. The van der Waals surface area contributed by atoms with Gasteiger partial charge >= 0.3 is 0 Å². The van der Waals surface area contributed by atoms with Crippen LogP contribution in [0.15, 0.2) is 35.6 Å². The zero-order valence-corrected chi connectivity index (χ0v) is 6.96. The summed E-state index contributed by atoms with van der Waals surface area (Å²) in [5.74, 6) is 5.78. The summed E-state index contributed by atoms with van der Waals surface area (Å²) in [6.07, 6.45) is 8.33. The Bertz CT molecular complexity index is 224. The monoisotopic (exact) mass is 150 g/mol. The fraction of sp³-hybridized carbons (Fsp3) is 0.333. The zero-order valence-electron chi connectivity index (χ0n) is 6.96. The van der Waals surface area contributed by atoms with Crippen molar-refractivity contribution in [1.82, 2.24) is 5.43 Å². The molecule has 0 saturated carbocycles. The average molecular weight is 150 g/mol. The third kappa shape index (κ3) is 2.24. The lowest BCUT2D eigenvalue weighted by atomic mass is 10.1. The minimum Gasteiger partial charge on any atom is -0.324 e. The Kier molecular flexibility index (Phi) is 2.49. The van der Waals surface area contributed by atoms with E-state index in [-0.39, 0.29) is 0 Å². The molecule has 0 aliphatic heterocycles. The van der Waals surface area contributed by atoms with Crippen LogP contribution in [0.4, 0.5) is 0 Å². The molecule has 1 rings (SSSR count). The second kappa shape index (κ2) is 3.39. The minimum absolute atomic E-state index is 0.497. The van der Waals surface area contributed by atoms with E-state index in [9.17, 15) is 0 Å². The summed E-state index contributed by atoms with van der Waals surface area (Å²) in [5, 5.41) is 0. The number of nitrogens with two attached hydrogens (primary N) is 1. The van der Waals surface area contributed by atoms with Gasteiger partial charge in [-0.3, -0.25) is 5.84 Å². The molecule has 0 fully saturated rings. The van der Waals surface area contributed by atoms with Crippen molar-refractivity contribution in [3.05, 3.63) is 35.6 Å². The third-order valence-electron chi connectivity index (χ3n) is 1.65. The van der Waals surface area contributed by atoms with Gasteiger partial charge in [0.05, 0.1) is 0 Å². The average Bonchev–Trinajstić information content (AvgIpc) is 2.11. The fourth-order valence-electron chi connectivity index (χ4n) is 1.16. The molecule has 1 aliphatic carbocycles. The minimum atomic E-state index is 0.497. The largest absolute Gasteiger partial charge is 0.324 e. The van der Waals surface area contributed by atoms with Gasteiger partial charge in [-0.15, -0.1) is 0 Å². The molecule has 0 heterocycles. The van der Waals surface area contributed by atoms with Crippen LogP contribution in [-0.2, 0) is 0 Å². The predicted molar refractivity (Wildman–Crippen MR) is 47.5 cm³/mol. The maximum absolute atomic E-state index is 5.28. The van der Waals surface area contributed by atoms with Gasteiger partial charge in [0.1, 0.15) is 0 Å². The summed E-state index contributed by atoms with van der Waals surface area (Å²) in [5.41, 5.74) is 4.84. The second-order valence-electron chi connectivity index (χ2n) is 2.87. The van der Waals surface area contributed by atoms with E-state index in [2.05, 4.69) is 31.4 Å². The van der Waals surface area contributed by atoms with Crippen molar-refractivity contribution < 1.29 is 0 Å². The van der Waals surface area contributed by atoms with Gasteiger partial charge in [0.2, 0.25) is 0 Å². The normalized spacial score (nSPS) is 23.7. The lowest BCUT2D eigenvalue weighted by molar-refractivity contribution is 0.906. The van der Waals surface area contributed by atoms with Crippen LogP contribution in [0.3, 0.4) is 0 Å². The number of nitrogens with one attached hydrogen (secondary N) is 1. The van der Waals surface area contributed by atoms with Crippen LogP contribution in [0.1, 0.15) is 13.8 Å². The summed E-state index contributed by atoms with van der Waals surface area (Å²) in [6, 6.07) is 0. The number of hydrogen-bond acceptors (Lipinski definition) is 2. The van der Waals surface area contributed by atoms with Gasteiger partial charge in [-0.25, -0.2) is 0 Å². The van der Waals surface area contributed by atoms with Gasteiger partial charge in [0.15, 0.2) is 0 Å². The van der Waals surface area contributed by atoms with E-state index in [0.29, 0.717) is 5.92 Å². The summed E-state index contributed by atoms with van der Waals surface area (Å²) in [7, 11) is 0. The molecule has 2 nitrogen and oxygen atoms in total. The second-order valence-corrected chi connectivity index (χ2v) is 2.87. The molecule has 60 valence electrons. The Morgan fingerprint density at radius 1 is 1.55 bits per heavy atom. The Morgan fingerprint density at radius 2 is 2.27 bits per heavy atom. The number of hydrazine groups is 1. The quantitative estimate of drug-likeness (QED) is 0.439. The predicted octanol–water partition coefficient (Wildman–Crippen LogP) is 1.49. The molecule has 2 heteroatoms. The molecule has 1 unspecified atom stereocenters. The van der Waals surface area contributed by atoms with Crippen LogP contribution in [0.2, 0.25) is 0 Å². The molecule has 0 aromatic carbocycles. The van der Waals surface area contributed by atoms with E-state index in [1.807, 2.05) is 12.2 Å². The number of rotatable bonds is 1. The van der Waals surface area contributed by atoms with E-state index < -0.39 is 0 Å². The van der Waals surface area contributed by atoms with Gasteiger partial charge in [-0.2, -0.15) is 0 Å². The fourth-order valence-corrected chi connectivity index (χ4v) is 1.16. The molecule has 0 aromatic heterocycles. The van der Waals surface area contributed by atoms with Crippen LogP contribution in [0.25, 0.3) is 0 Å². The zero-order chi connectivity index (χ0) is 8.27. The lowest BCUT2D eigenvalue weighted by Crippen LogP contribution is -2.19. The highest BCUT2D eigenvalue weighted by atomic mass is 15.2. The van der Waals surface area contributed by atoms with Crippen LogP contribution in [0.5, 0.6) is 0 Å². The van der Waals surface area contributed by atoms with Gasteiger partial charge in [0, 0.05) is 5.70 Å². The first-order valence-electron chi connectivity index (χ1n) is 3.77. The molecule has 1 atom stereocenters. The van der Waals surface area contributed by atoms with E-state index in [4.69, 9.17) is 5.84 Å². The van der Waals surface area contributed by atoms with E-state index >= 15 is 0 Å². The highest BCUT2D eigenvalue weighted by Crippen LogP contribution is 2.12. The first-order valence-corrected chi connectivity index (χ1v) is 3.77. The Morgan fingerprint density at radius 3 is 2.91 bits per heavy atom. The van der Waals surface area contributed by atoms with Crippen LogP contribution in [0, 0.1) is 5.92 Å². The summed E-state index contributed by atoms with van der Waals surface area (Å²) >= 11 is 0. The molecular weight excluding hydrogens is 136 g/mol. The van der Waals surface area contributed by atoms with Gasteiger partial charge < -0.3 is 5.43 Å². The SMILES string of the molecule is CC1=CC(C)C=CC(NN)=C1. The highest BCUT2D eigenvalue weighted by Gasteiger charge is 1.98. The van der Waals surface area contributed by atoms with Crippen molar-refractivity contribution in [2.75, 3.05) is 0 Å². The van der Waals surface area contributed by atoms with Crippen molar-refractivity contribution in [2.45, 2.75) is 13.8 Å². The molecule has 0 bridgehead atoms. The Balaban J connectivity index is 2.85. The molecule has 0 aromatic rings. The summed E-state index contributed by atoms with van der Waals surface area (Å²) in [4.78, 5) is 0. The molecule has 0 saturated heterocycles. The maximum atomic E-state index is 5.28. The first-order chi connectivity index (χ1) is 5.22. The lowest BCUT2D eigenvalue weighted by Gasteiger charge is -1.97. The standard InChI is InChI=1S/C9H14N2/c1-7-3-4-9(11-10)6-8(2)5-7/h3-7,11H,10H2,1-2H3. The third-order valence-corrected chi connectivity index (χ3v) is 1.65. The molecule has 1 aliphatic rings. The van der Waals surface area contributed by atoms with Gasteiger partial charge in [-0.1, -0.05) is 24.6 Å². The van der Waals surface area contributed by atoms with E-state index in [1.165, 1.54) is 5.57 Å². The van der Waals surface area contributed by atoms with Gasteiger partial charge in [0.25, 0.3) is 0 Å². The number of hydrogen-bond donors (Lipinski definition) is 2. The topological polar surface area (TPSA) is 38.0 Å². The molecule has 0 radical (unpaired) electrons. The Labute approximate surface area is 67.4 Å². The smallest absolute Gasteiger partial charge is 0.0484 e. The molecule has 11 heavy (non-hydrogen) atoms. The highest BCUT2D eigenvalue weighted by molar-refractivity contribution is 5.32.